The summed E-state index contributed by atoms with van der Waals surface area (Å²) in [6.45, 7) is 3.17. The number of halogens is 1. The Morgan fingerprint density at radius 1 is 1.56 bits per heavy atom. The molecule has 0 aliphatic carbocycles. The van der Waals surface area contributed by atoms with Crippen molar-refractivity contribution in [3.63, 3.8) is 0 Å². The highest BCUT2D eigenvalue weighted by atomic mass is 35.5. The maximum atomic E-state index is 11.1. The molecule has 0 bridgehead atoms. The van der Waals surface area contributed by atoms with E-state index in [1.165, 1.54) is 24.8 Å². The SMILES string of the molecule is CC(=O)C(C)Sc1ccc(Cl)cc1[N+](=O)[O-]. The van der Waals surface area contributed by atoms with Gasteiger partial charge in [-0.3, -0.25) is 14.9 Å². The van der Waals surface area contributed by atoms with Crippen LogP contribution >= 0.6 is 23.4 Å². The van der Waals surface area contributed by atoms with Crippen molar-refractivity contribution in [1.82, 2.24) is 0 Å². The molecule has 1 aromatic carbocycles. The highest BCUT2D eigenvalue weighted by molar-refractivity contribution is 8.00. The summed E-state index contributed by atoms with van der Waals surface area (Å²) in [5, 5.41) is 10.8. The predicted molar refractivity (Wildman–Crippen MR) is 64.1 cm³/mol. The lowest BCUT2D eigenvalue weighted by atomic mass is 10.3. The van der Waals surface area contributed by atoms with E-state index in [9.17, 15) is 14.9 Å². The van der Waals surface area contributed by atoms with Crippen molar-refractivity contribution in [2.75, 3.05) is 0 Å². The molecule has 4 nitrogen and oxygen atoms in total. The van der Waals surface area contributed by atoms with Gasteiger partial charge < -0.3 is 0 Å². The highest BCUT2D eigenvalue weighted by Gasteiger charge is 2.18. The fourth-order valence-electron chi connectivity index (χ4n) is 1.01. The van der Waals surface area contributed by atoms with Crippen molar-refractivity contribution in [2.24, 2.45) is 0 Å². The molecule has 16 heavy (non-hydrogen) atoms. The number of nitro groups is 1. The second kappa shape index (κ2) is 5.32. The first-order chi connectivity index (χ1) is 7.41. The molecular weight excluding hydrogens is 250 g/mol. The molecule has 0 N–H and O–H groups in total. The van der Waals surface area contributed by atoms with Crippen LogP contribution in [0, 0.1) is 10.1 Å². The van der Waals surface area contributed by atoms with Crippen LogP contribution in [0.1, 0.15) is 13.8 Å². The summed E-state index contributed by atoms with van der Waals surface area (Å²) in [6, 6.07) is 4.42. The summed E-state index contributed by atoms with van der Waals surface area (Å²) in [6.07, 6.45) is 0. The van der Waals surface area contributed by atoms with Gasteiger partial charge in [-0.25, -0.2) is 0 Å². The molecule has 0 aromatic heterocycles. The lowest BCUT2D eigenvalue weighted by Crippen LogP contribution is -2.08. The maximum absolute atomic E-state index is 11.1. The standard InChI is InChI=1S/C10H10ClNO3S/c1-6(13)7(2)16-10-4-3-8(11)5-9(10)12(14)15/h3-5,7H,1-2H3. The number of carbonyl (C=O) groups excluding carboxylic acids is 1. The van der Waals surface area contributed by atoms with E-state index in [0.717, 1.165) is 0 Å². The Bertz CT molecular complexity index is 436. The molecule has 0 amide bonds. The van der Waals surface area contributed by atoms with E-state index < -0.39 is 4.92 Å². The molecule has 0 radical (unpaired) electrons. The average Bonchev–Trinajstić information content (AvgIpc) is 2.20. The van der Waals surface area contributed by atoms with Crippen LogP contribution in [0.3, 0.4) is 0 Å². The van der Waals surface area contributed by atoms with Gasteiger partial charge in [0, 0.05) is 11.1 Å². The first-order valence-electron chi connectivity index (χ1n) is 4.53. The molecule has 0 spiro atoms. The van der Waals surface area contributed by atoms with Crippen LogP contribution in [-0.2, 0) is 4.79 Å². The van der Waals surface area contributed by atoms with Crippen LogP contribution in [0.4, 0.5) is 5.69 Å². The number of carbonyl (C=O) groups is 1. The third kappa shape index (κ3) is 3.21. The second-order valence-electron chi connectivity index (χ2n) is 3.24. The molecule has 1 rings (SSSR count). The lowest BCUT2D eigenvalue weighted by molar-refractivity contribution is -0.387. The van der Waals surface area contributed by atoms with Gasteiger partial charge in [0.15, 0.2) is 0 Å². The van der Waals surface area contributed by atoms with E-state index in [-0.39, 0.29) is 16.7 Å². The first kappa shape index (κ1) is 13.0. The first-order valence-corrected chi connectivity index (χ1v) is 5.78. The minimum Gasteiger partial charge on any atom is -0.299 e. The van der Waals surface area contributed by atoms with Crippen molar-refractivity contribution in [3.8, 4) is 0 Å². The van der Waals surface area contributed by atoms with Gasteiger partial charge in [-0.2, -0.15) is 0 Å². The van der Waals surface area contributed by atoms with Crippen molar-refractivity contribution < 1.29 is 9.72 Å². The Kier molecular flexibility index (Phi) is 4.32. The minimum absolute atomic E-state index is 0.0192. The maximum Gasteiger partial charge on any atom is 0.284 e. The Labute approximate surface area is 102 Å². The number of thioether (sulfide) groups is 1. The number of nitrogens with zero attached hydrogens (tertiary/aromatic N) is 1. The Hall–Kier alpha value is -1.07. The van der Waals surface area contributed by atoms with Crippen molar-refractivity contribution >= 4 is 34.8 Å². The quantitative estimate of drug-likeness (QED) is 0.473. The molecule has 0 aliphatic heterocycles. The molecule has 0 saturated carbocycles. The van der Waals surface area contributed by atoms with Gasteiger partial charge in [0.25, 0.3) is 5.69 Å². The van der Waals surface area contributed by atoms with E-state index in [4.69, 9.17) is 11.6 Å². The van der Waals surface area contributed by atoms with Crippen LogP contribution in [0.5, 0.6) is 0 Å². The molecular formula is C10H10ClNO3S. The van der Waals surface area contributed by atoms with Gasteiger partial charge >= 0.3 is 0 Å². The molecule has 0 fully saturated rings. The summed E-state index contributed by atoms with van der Waals surface area (Å²) >= 11 is 6.84. The van der Waals surface area contributed by atoms with Crippen LogP contribution in [-0.4, -0.2) is 16.0 Å². The number of rotatable bonds is 4. The number of hydrogen-bond acceptors (Lipinski definition) is 4. The molecule has 0 saturated heterocycles. The fraction of sp³-hybridized carbons (Fsp3) is 0.300. The van der Waals surface area contributed by atoms with Crippen LogP contribution < -0.4 is 0 Å². The van der Waals surface area contributed by atoms with Gasteiger partial charge in [-0.15, -0.1) is 11.8 Å². The van der Waals surface area contributed by atoms with Gasteiger partial charge in [-0.1, -0.05) is 11.6 Å². The molecule has 6 heteroatoms. The van der Waals surface area contributed by atoms with E-state index in [0.29, 0.717) is 9.92 Å². The van der Waals surface area contributed by atoms with Gasteiger partial charge in [-0.05, 0) is 26.0 Å². The monoisotopic (exact) mass is 259 g/mol. The molecule has 1 atom stereocenters. The summed E-state index contributed by atoms with van der Waals surface area (Å²) in [5.74, 6) is -0.0192. The lowest BCUT2D eigenvalue weighted by Gasteiger charge is -2.07. The molecule has 86 valence electrons. The van der Waals surface area contributed by atoms with E-state index in [1.54, 1.807) is 19.1 Å². The Morgan fingerprint density at radius 3 is 2.69 bits per heavy atom. The zero-order valence-electron chi connectivity index (χ0n) is 8.77. The van der Waals surface area contributed by atoms with Gasteiger partial charge in [0.05, 0.1) is 15.1 Å². The average molecular weight is 260 g/mol. The highest BCUT2D eigenvalue weighted by Crippen LogP contribution is 2.34. The summed E-state index contributed by atoms with van der Waals surface area (Å²) in [7, 11) is 0. The third-order valence-corrected chi connectivity index (χ3v) is 3.51. The van der Waals surface area contributed by atoms with Crippen LogP contribution in [0.15, 0.2) is 23.1 Å². The van der Waals surface area contributed by atoms with E-state index in [1.807, 2.05) is 0 Å². The topological polar surface area (TPSA) is 60.2 Å². The summed E-state index contributed by atoms with van der Waals surface area (Å²) in [4.78, 5) is 21.8. The number of ketones is 1. The minimum atomic E-state index is -0.499. The Balaban J connectivity index is 3.04. The molecule has 0 heterocycles. The van der Waals surface area contributed by atoms with Crippen LogP contribution in [0.2, 0.25) is 5.02 Å². The Morgan fingerprint density at radius 2 is 2.19 bits per heavy atom. The van der Waals surface area contributed by atoms with Crippen molar-refractivity contribution in [3.05, 3.63) is 33.3 Å². The summed E-state index contributed by atoms with van der Waals surface area (Å²) in [5.41, 5.74) is -0.0643. The van der Waals surface area contributed by atoms with Gasteiger partial charge in [0.1, 0.15) is 5.78 Å². The normalized spacial score (nSPS) is 12.2. The number of benzene rings is 1. The molecule has 0 aliphatic rings. The second-order valence-corrected chi connectivity index (χ2v) is 5.06. The molecule has 1 aromatic rings. The third-order valence-electron chi connectivity index (χ3n) is 1.99. The molecule has 1 unspecified atom stereocenters. The smallest absolute Gasteiger partial charge is 0.284 e. The largest absolute Gasteiger partial charge is 0.299 e. The zero-order chi connectivity index (χ0) is 12.3. The number of Topliss-reactive ketones (excluding diaryl/α,β-unsaturated/α-hetero) is 1. The predicted octanol–water partition coefficient (Wildman–Crippen LogP) is 3.32. The van der Waals surface area contributed by atoms with Gasteiger partial charge in [0.2, 0.25) is 0 Å². The van der Waals surface area contributed by atoms with E-state index in [2.05, 4.69) is 0 Å². The van der Waals surface area contributed by atoms with E-state index >= 15 is 0 Å². The number of nitro benzene ring substituents is 1. The van der Waals surface area contributed by atoms with Crippen molar-refractivity contribution in [2.45, 2.75) is 24.0 Å². The number of hydrogen-bond donors (Lipinski definition) is 0. The summed E-state index contributed by atoms with van der Waals surface area (Å²) < 4.78 is 0. The zero-order valence-corrected chi connectivity index (χ0v) is 10.3. The van der Waals surface area contributed by atoms with Crippen LogP contribution in [0.25, 0.3) is 0 Å². The van der Waals surface area contributed by atoms with Crippen molar-refractivity contribution in [1.29, 1.82) is 0 Å². The fourth-order valence-corrected chi connectivity index (χ4v) is 2.12.